The van der Waals surface area contributed by atoms with Gasteiger partial charge < -0.3 is 14.2 Å². The van der Waals surface area contributed by atoms with Gasteiger partial charge in [-0.3, -0.25) is 0 Å². The van der Waals surface area contributed by atoms with Gasteiger partial charge in [0, 0.05) is 6.08 Å². The molecule has 0 saturated heterocycles. The normalized spacial score (nSPS) is 10.5. The van der Waals surface area contributed by atoms with Gasteiger partial charge in [-0.2, -0.15) is 0 Å². The van der Waals surface area contributed by atoms with E-state index in [4.69, 9.17) is 14.2 Å². The summed E-state index contributed by atoms with van der Waals surface area (Å²) >= 11 is 0. The molecule has 0 saturated carbocycles. The molecule has 0 aliphatic heterocycles. The average molecular weight is 346 g/mol. The molecule has 0 heterocycles. The van der Waals surface area contributed by atoms with Crippen LogP contribution in [0, 0.1) is 0 Å². The summed E-state index contributed by atoms with van der Waals surface area (Å²) in [6.07, 6.45) is 3.08. The van der Waals surface area contributed by atoms with E-state index in [0.717, 1.165) is 11.3 Å². The second-order valence-corrected chi connectivity index (χ2v) is 5.36. The number of para-hydroxylation sites is 2. The highest BCUT2D eigenvalue weighted by Gasteiger charge is 2.00. The van der Waals surface area contributed by atoms with Gasteiger partial charge in [0.25, 0.3) is 0 Å². The van der Waals surface area contributed by atoms with Crippen LogP contribution < -0.4 is 14.2 Å². The van der Waals surface area contributed by atoms with Crippen LogP contribution in [0.1, 0.15) is 5.56 Å². The third-order valence-electron chi connectivity index (χ3n) is 3.45. The summed E-state index contributed by atoms with van der Waals surface area (Å²) in [6.45, 7) is 0.128. The van der Waals surface area contributed by atoms with E-state index in [9.17, 15) is 4.79 Å². The minimum Gasteiger partial charge on any atom is -0.458 e. The fourth-order valence-electron chi connectivity index (χ4n) is 2.16. The van der Waals surface area contributed by atoms with Gasteiger partial charge in [0.1, 0.15) is 17.2 Å². The van der Waals surface area contributed by atoms with Crippen molar-refractivity contribution >= 4 is 12.0 Å². The third kappa shape index (κ3) is 5.53. The minimum absolute atomic E-state index is 0.128. The highest BCUT2D eigenvalue weighted by atomic mass is 16.7. The van der Waals surface area contributed by atoms with Crippen LogP contribution in [0.4, 0.5) is 0 Å². The van der Waals surface area contributed by atoms with Crippen LogP contribution in [0.25, 0.3) is 6.08 Å². The van der Waals surface area contributed by atoms with E-state index < -0.39 is 5.97 Å². The predicted molar refractivity (Wildman–Crippen MR) is 100 cm³/mol. The maximum absolute atomic E-state index is 11.8. The van der Waals surface area contributed by atoms with Crippen molar-refractivity contribution in [3.8, 4) is 17.2 Å². The lowest BCUT2D eigenvalue weighted by Crippen LogP contribution is -2.05. The molecule has 0 aromatic heterocycles. The van der Waals surface area contributed by atoms with E-state index in [2.05, 4.69) is 0 Å². The quantitative estimate of drug-likeness (QED) is 0.269. The van der Waals surface area contributed by atoms with E-state index >= 15 is 0 Å². The SMILES string of the molecule is O=C(/C=C/c1ccc(OCOc2ccccc2)cc1)Oc1ccccc1. The molecule has 0 unspecified atom stereocenters. The molecule has 0 fully saturated rings. The van der Waals surface area contributed by atoms with Crippen molar-refractivity contribution < 1.29 is 19.0 Å². The number of esters is 1. The summed E-state index contributed by atoms with van der Waals surface area (Å²) in [4.78, 5) is 11.8. The lowest BCUT2D eigenvalue weighted by molar-refractivity contribution is -0.128. The van der Waals surface area contributed by atoms with E-state index in [1.54, 1.807) is 18.2 Å². The number of ether oxygens (including phenoxy) is 3. The Morgan fingerprint density at radius 1 is 0.692 bits per heavy atom. The Bertz CT molecular complexity index is 840. The number of carbonyl (C=O) groups excluding carboxylic acids is 1. The lowest BCUT2D eigenvalue weighted by Gasteiger charge is -2.08. The summed E-state index contributed by atoms with van der Waals surface area (Å²) in [5.41, 5.74) is 0.867. The first kappa shape index (κ1) is 17.3. The Hall–Kier alpha value is -3.53. The smallest absolute Gasteiger partial charge is 0.336 e. The first-order valence-electron chi connectivity index (χ1n) is 8.15. The first-order chi connectivity index (χ1) is 12.8. The van der Waals surface area contributed by atoms with E-state index in [1.165, 1.54) is 6.08 Å². The average Bonchev–Trinajstić information content (AvgIpc) is 2.69. The van der Waals surface area contributed by atoms with Gasteiger partial charge in [-0.1, -0.05) is 48.5 Å². The summed E-state index contributed by atoms with van der Waals surface area (Å²) in [5.74, 6) is 1.53. The van der Waals surface area contributed by atoms with E-state index in [1.807, 2.05) is 72.8 Å². The summed E-state index contributed by atoms with van der Waals surface area (Å²) in [6, 6.07) is 25.7. The van der Waals surface area contributed by atoms with Gasteiger partial charge in [-0.15, -0.1) is 0 Å². The molecule has 4 nitrogen and oxygen atoms in total. The highest BCUT2D eigenvalue weighted by Crippen LogP contribution is 2.15. The molecular weight excluding hydrogens is 328 g/mol. The summed E-state index contributed by atoms with van der Waals surface area (Å²) in [5, 5.41) is 0. The monoisotopic (exact) mass is 346 g/mol. The fraction of sp³-hybridized carbons (Fsp3) is 0.0455. The van der Waals surface area contributed by atoms with E-state index in [0.29, 0.717) is 11.5 Å². The molecular formula is C22H18O4. The van der Waals surface area contributed by atoms with Gasteiger partial charge in [0.05, 0.1) is 0 Å². The van der Waals surface area contributed by atoms with Crippen LogP contribution in [0.2, 0.25) is 0 Å². The Morgan fingerprint density at radius 2 is 1.23 bits per heavy atom. The minimum atomic E-state index is -0.423. The van der Waals surface area contributed by atoms with Gasteiger partial charge in [0.15, 0.2) is 0 Å². The molecule has 0 atom stereocenters. The van der Waals surface area contributed by atoms with Crippen molar-refractivity contribution in [2.75, 3.05) is 6.79 Å². The van der Waals surface area contributed by atoms with Crippen molar-refractivity contribution in [2.45, 2.75) is 0 Å². The van der Waals surface area contributed by atoms with Gasteiger partial charge in [-0.25, -0.2) is 4.79 Å². The van der Waals surface area contributed by atoms with Crippen molar-refractivity contribution in [1.82, 2.24) is 0 Å². The molecule has 26 heavy (non-hydrogen) atoms. The molecule has 4 heteroatoms. The molecule has 130 valence electrons. The van der Waals surface area contributed by atoms with Crippen molar-refractivity contribution in [3.05, 3.63) is 96.6 Å². The van der Waals surface area contributed by atoms with Crippen LogP contribution in [-0.2, 0) is 4.79 Å². The molecule has 0 N–H and O–H groups in total. The molecule has 0 spiro atoms. The topological polar surface area (TPSA) is 44.8 Å². The summed E-state index contributed by atoms with van der Waals surface area (Å²) < 4.78 is 16.2. The molecule has 0 aliphatic rings. The van der Waals surface area contributed by atoms with Gasteiger partial charge >= 0.3 is 5.97 Å². The lowest BCUT2D eigenvalue weighted by atomic mass is 10.2. The van der Waals surface area contributed by atoms with Crippen molar-refractivity contribution in [1.29, 1.82) is 0 Å². The van der Waals surface area contributed by atoms with Crippen molar-refractivity contribution in [3.63, 3.8) is 0 Å². The van der Waals surface area contributed by atoms with E-state index in [-0.39, 0.29) is 6.79 Å². The van der Waals surface area contributed by atoms with Crippen LogP contribution in [0.15, 0.2) is 91.0 Å². The molecule has 0 radical (unpaired) electrons. The van der Waals surface area contributed by atoms with Crippen LogP contribution in [-0.4, -0.2) is 12.8 Å². The Kier molecular flexibility index (Phi) is 6.04. The van der Waals surface area contributed by atoms with Crippen molar-refractivity contribution in [2.24, 2.45) is 0 Å². The fourth-order valence-corrected chi connectivity index (χ4v) is 2.16. The number of carbonyl (C=O) groups is 1. The zero-order valence-electron chi connectivity index (χ0n) is 14.1. The molecule has 3 rings (SSSR count). The zero-order valence-corrected chi connectivity index (χ0v) is 14.1. The number of benzene rings is 3. The Labute approximate surface area is 152 Å². The first-order valence-corrected chi connectivity index (χ1v) is 8.15. The predicted octanol–water partition coefficient (Wildman–Crippen LogP) is 4.72. The standard InChI is InChI=1S/C22H18O4/c23-22(26-21-9-5-2-6-10-21)16-13-18-11-14-20(15-12-18)25-17-24-19-7-3-1-4-8-19/h1-16H,17H2/b16-13+. The number of rotatable bonds is 7. The highest BCUT2D eigenvalue weighted by molar-refractivity contribution is 5.88. The number of hydrogen-bond donors (Lipinski definition) is 0. The van der Waals surface area contributed by atoms with Crippen LogP contribution >= 0.6 is 0 Å². The second-order valence-electron chi connectivity index (χ2n) is 5.36. The molecule has 0 aliphatic carbocycles. The molecule has 0 amide bonds. The second kappa shape index (κ2) is 9.08. The molecule has 3 aromatic rings. The van der Waals surface area contributed by atoms with Crippen LogP contribution in [0.3, 0.4) is 0 Å². The zero-order chi connectivity index (χ0) is 18.0. The maximum atomic E-state index is 11.8. The Morgan fingerprint density at radius 3 is 1.85 bits per heavy atom. The molecule has 0 bridgehead atoms. The molecule has 3 aromatic carbocycles. The Balaban J connectivity index is 1.47. The summed E-state index contributed by atoms with van der Waals surface area (Å²) in [7, 11) is 0. The largest absolute Gasteiger partial charge is 0.458 e. The van der Waals surface area contributed by atoms with Gasteiger partial charge in [0.2, 0.25) is 6.79 Å². The van der Waals surface area contributed by atoms with Crippen LogP contribution in [0.5, 0.6) is 17.2 Å². The number of hydrogen-bond acceptors (Lipinski definition) is 4. The van der Waals surface area contributed by atoms with Gasteiger partial charge in [-0.05, 0) is 48.0 Å². The maximum Gasteiger partial charge on any atom is 0.336 e. The third-order valence-corrected chi connectivity index (χ3v) is 3.45.